The molecule has 0 radical (unpaired) electrons. The minimum absolute atomic E-state index is 0.0651. The maximum atomic E-state index is 11.8. The first-order valence-electron chi connectivity index (χ1n) is 5.81. The second kappa shape index (κ2) is 5.86. The number of aliphatic carboxylic acids is 1. The van der Waals surface area contributed by atoms with Gasteiger partial charge in [-0.05, 0) is 36.2 Å². The molecule has 0 atom stereocenters. The summed E-state index contributed by atoms with van der Waals surface area (Å²) in [5.41, 5.74) is 1.48. The predicted molar refractivity (Wildman–Crippen MR) is 69.1 cm³/mol. The molecule has 1 aromatic heterocycles. The van der Waals surface area contributed by atoms with Crippen LogP contribution in [0.25, 0.3) is 0 Å². The van der Waals surface area contributed by atoms with Crippen LogP contribution in [0.2, 0.25) is 0 Å². The normalized spacial score (nSPS) is 10.1. The zero-order chi connectivity index (χ0) is 13.7. The molecule has 0 aliphatic rings. The highest BCUT2D eigenvalue weighted by Gasteiger charge is 2.08. The maximum absolute atomic E-state index is 11.8. The Kier molecular flexibility index (Phi) is 3.97. The fourth-order valence-corrected chi connectivity index (χ4v) is 1.66. The fourth-order valence-electron chi connectivity index (χ4n) is 1.66. The van der Waals surface area contributed by atoms with E-state index in [2.05, 4.69) is 5.32 Å². The molecule has 2 rings (SSSR count). The van der Waals surface area contributed by atoms with Crippen molar-refractivity contribution in [2.75, 3.05) is 5.32 Å². The van der Waals surface area contributed by atoms with Crippen molar-refractivity contribution in [1.29, 1.82) is 0 Å². The first-order valence-corrected chi connectivity index (χ1v) is 5.81. The highest BCUT2D eigenvalue weighted by atomic mass is 16.4. The summed E-state index contributed by atoms with van der Waals surface area (Å²) in [7, 11) is 0. The molecule has 1 heterocycles. The number of aryl methyl sites for hydroxylation is 1. The lowest BCUT2D eigenvalue weighted by Crippen LogP contribution is -2.11. The molecule has 1 aromatic carbocycles. The van der Waals surface area contributed by atoms with Gasteiger partial charge >= 0.3 is 5.97 Å². The van der Waals surface area contributed by atoms with Crippen LogP contribution in [-0.4, -0.2) is 17.0 Å². The van der Waals surface area contributed by atoms with E-state index in [0.29, 0.717) is 12.1 Å². The van der Waals surface area contributed by atoms with E-state index in [-0.39, 0.29) is 18.1 Å². The molecule has 19 heavy (non-hydrogen) atoms. The number of carboxylic acids is 1. The van der Waals surface area contributed by atoms with Crippen LogP contribution in [0.1, 0.15) is 22.5 Å². The first-order chi connectivity index (χ1) is 9.15. The predicted octanol–water partition coefficient (Wildman–Crippen LogP) is 2.55. The molecule has 5 nitrogen and oxygen atoms in total. The van der Waals surface area contributed by atoms with Crippen LogP contribution in [0.5, 0.6) is 0 Å². The van der Waals surface area contributed by atoms with Gasteiger partial charge in [0.05, 0.1) is 6.26 Å². The third-order valence-electron chi connectivity index (χ3n) is 2.56. The number of hydrogen-bond acceptors (Lipinski definition) is 3. The molecular formula is C14H13NO4. The van der Waals surface area contributed by atoms with E-state index in [1.165, 1.54) is 6.26 Å². The van der Waals surface area contributed by atoms with Gasteiger partial charge in [-0.15, -0.1) is 0 Å². The van der Waals surface area contributed by atoms with Gasteiger partial charge in [-0.2, -0.15) is 0 Å². The maximum Gasteiger partial charge on any atom is 0.303 e. The van der Waals surface area contributed by atoms with Crippen molar-refractivity contribution in [3.05, 3.63) is 54.0 Å². The van der Waals surface area contributed by atoms with Gasteiger partial charge in [0.1, 0.15) is 0 Å². The minimum atomic E-state index is -0.843. The Morgan fingerprint density at radius 3 is 2.74 bits per heavy atom. The van der Waals surface area contributed by atoms with Gasteiger partial charge in [-0.1, -0.05) is 12.1 Å². The Morgan fingerprint density at radius 1 is 1.21 bits per heavy atom. The van der Waals surface area contributed by atoms with Crippen LogP contribution in [0.3, 0.4) is 0 Å². The molecule has 0 saturated carbocycles. The number of hydrogen-bond donors (Lipinski definition) is 2. The number of nitrogens with one attached hydrogen (secondary N) is 1. The molecule has 2 N–H and O–H groups in total. The smallest absolute Gasteiger partial charge is 0.303 e. The average Bonchev–Trinajstić information content (AvgIpc) is 2.91. The number of anilines is 1. The van der Waals surface area contributed by atoms with Crippen molar-refractivity contribution >= 4 is 17.6 Å². The molecule has 0 aliphatic heterocycles. The molecule has 2 aromatic rings. The van der Waals surface area contributed by atoms with Crippen molar-refractivity contribution < 1.29 is 19.1 Å². The molecule has 0 bridgehead atoms. The summed E-state index contributed by atoms with van der Waals surface area (Å²) in [6.45, 7) is 0. The summed E-state index contributed by atoms with van der Waals surface area (Å²) in [5, 5.41) is 11.3. The highest BCUT2D eigenvalue weighted by Crippen LogP contribution is 2.14. The topological polar surface area (TPSA) is 79.5 Å². The summed E-state index contributed by atoms with van der Waals surface area (Å²) in [4.78, 5) is 22.3. The van der Waals surface area contributed by atoms with E-state index >= 15 is 0 Å². The van der Waals surface area contributed by atoms with Crippen LogP contribution >= 0.6 is 0 Å². The molecule has 0 spiro atoms. The summed E-state index contributed by atoms with van der Waals surface area (Å²) < 4.78 is 4.99. The van der Waals surface area contributed by atoms with Crippen molar-refractivity contribution in [3.63, 3.8) is 0 Å². The number of furan rings is 1. The van der Waals surface area contributed by atoms with Gasteiger partial charge in [0.15, 0.2) is 5.76 Å². The highest BCUT2D eigenvalue weighted by molar-refractivity contribution is 6.02. The molecule has 0 saturated heterocycles. The van der Waals surface area contributed by atoms with E-state index in [9.17, 15) is 9.59 Å². The van der Waals surface area contributed by atoms with Crippen LogP contribution in [0.15, 0.2) is 47.1 Å². The second-order valence-corrected chi connectivity index (χ2v) is 4.03. The van der Waals surface area contributed by atoms with Crippen molar-refractivity contribution in [3.8, 4) is 0 Å². The number of benzene rings is 1. The third-order valence-corrected chi connectivity index (χ3v) is 2.56. The van der Waals surface area contributed by atoms with Crippen molar-refractivity contribution in [1.82, 2.24) is 0 Å². The monoisotopic (exact) mass is 259 g/mol. The summed E-state index contributed by atoms with van der Waals surface area (Å²) in [6.07, 6.45) is 1.92. The number of carbonyl (C=O) groups excluding carboxylic acids is 1. The Labute approximate surface area is 109 Å². The quantitative estimate of drug-likeness (QED) is 0.864. The number of amides is 1. The summed E-state index contributed by atoms with van der Waals surface area (Å²) in [5.74, 6) is -0.943. The number of carboxylic acid groups (broad SMARTS) is 1. The lowest BCUT2D eigenvalue weighted by atomic mass is 10.1. The molecule has 5 heteroatoms. The summed E-state index contributed by atoms with van der Waals surface area (Å²) >= 11 is 0. The Bertz CT molecular complexity index is 575. The van der Waals surface area contributed by atoms with Crippen molar-refractivity contribution in [2.24, 2.45) is 0 Å². The SMILES string of the molecule is O=C(O)CCc1cccc(NC(=O)c2ccco2)c1. The number of carbonyl (C=O) groups is 2. The van der Waals surface area contributed by atoms with Gasteiger partial charge in [-0.25, -0.2) is 0 Å². The Morgan fingerprint density at radius 2 is 2.05 bits per heavy atom. The summed E-state index contributed by atoms with van der Waals surface area (Å²) in [6, 6.07) is 10.3. The van der Waals surface area contributed by atoms with Crippen LogP contribution in [0, 0.1) is 0 Å². The van der Waals surface area contributed by atoms with E-state index in [4.69, 9.17) is 9.52 Å². The number of rotatable bonds is 5. The lowest BCUT2D eigenvalue weighted by molar-refractivity contribution is -0.136. The van der Waals surface area contributed by atoms with Gasteiger partial charge in [0.25, 0.3) is 5.91 Å². The molecular weight excluding hydrogens is 246 g/mol. The average molecular weight is 259 g/mol. The van der Waals surface area contributed by atoms with Gasteiger partial charge in [0.2, 0.25) is 0 Å². The van der Waals surface area contributed by atoms with E-state index in [0.717, 1.165) is 5.56 Å². The van der Waals surface area contributed by atoms with Crippen molar-refractivity contribution in [2.45, 2.75) is 12.8 Å². The fraction of sp³-hybridized carbons (Fsp3) is 0.143. The zero-order valence-corrected chi connectivity index (χ0v) is 10.1. The Hall–Kier alpha value is -2.56. The van der Waals surface area contributed by atoms with E-state index in [1.54, 1.807) is 30.3 Å². The van der Waals surface area contributed by atoms with Crippen LogP contribution in [-0.2, 0) is 11.2 Å². The van der Waals surface area contributed by atoms with Crippen LogP contribution < -0.4 is 5.32 Å². The molecule has 0 fully saturated rings. The standard InChI is InChI=1S/C14H13NO4/c16-13(17)7-6-10-3-1-4-11(9-10)15-14(18)12-5-2-8-19-12/h1-5,8-9H,6-7H2,(H,15,18)(H,16,17). The van der Waals surface area contributed by atoms with E-state index in [1.807, 2.05) is 6.07 Å². The molecule has 1 amide bonds. The molecule has 98 valence electrons. The van der Waals surface area contributed by atoms with E-state index < -0.39 is 5.97 Å². The largest absolute Gasteiger partial charge is 0.481 e. The van der Waals surface area contributed by atoms with Gasteiger partial charge < -0.3 is 14.8 Å². The zero-order valence-electron chi connectivity index (χ0n) is 10.1. The third kappa shape index (κ3) is 3.70. The van der Waals surface area contributed by atoms with Gasteiger partial charge in [0, 0.05) is 12.1 Å². The Balaban J connectivity index is 2.02. The minimum Gasteiger partial charge on any atom is -0.481 e. The molecule has 0 unspecified atom stereocenters. The second-order valence-electron chi connectivity index (χ2n) is 4.03. The van der Waals surface area contributed by atoms with Crippen LogP contribution in [0.4, 0.5) is 5.69 Å². The van der Waals surface area contributed by atoms with Gasteiger partial charge in [-0.3, -0.25) is 9.59 Å². The lowest BCUT2D eigenvalue weighted by Gasteiger charge is -2.05. The first kappa shape index (κ1) is 12.9. The molecule has 0 aliphatic carbocycles.